The highest BCUT2D eigenvalue weighted by Gasteiger charge is 2.43. The maximum atomic E-state index is 8.49. The molecule has 2 heterocycles. The molecule has 2 aliphatic rings. The van der Waals surface area contributed by atoms with Crippen molar-refractivity contribution in [1.29, 1.82) is 0 Å². The zero-order chi connectivity index (χ0) is 42.8. The van der Waals surface area contributed by atoms with Crippen LogP contribution in [0, 0.1) is 10.2 Å². The van der Waals surface area contributed by atoms with Crippen LogP contribution in [0.15, 0.2) is 72.5 Å². The monoisotopic (exact) mass is 835 g/mol. The second kappa shape index (κ2) is 28.9. The summed E-state index contributed by atoms with van der Waals surface area (Å²) in [7, 11) is -4.94. The summed E-state index contributed by atoms with van der Waals surface area (Å²) in [5.74, 6) is 0.425. The molecular weight excluding hydrogens is 752 g/mol. The summed E-state index contributed by atoms with van der Waals surface area (Å²) >= 11 is 0. The Kier molecular flexibility index (Phi) is 25.0. The van der Waals surface area contributed by atoms with Gasteiger partial charge in [-0.1, -0.05) is 211 Å². The van der Waals surface area contributed by atoms with Crippen LogP contribution in [0.4, 0.5) is 11.4 Å². The van der Waals surface area contributed by atoms with E-state index in [4.69, 9.17) is 18.6 Å². The van der Waals surface area contributed by atoms with Crippen molar-refractivity contribution in [3.8, 4) is 0 Å². The number of benzene rings is 2. The predicted molar refractivity (Wildman–Crippen MR) is 240 cm³/mol. The number of hydrogen-bond donors (Lipinski definition) is 0. The summed E-state index contributed by atoms with van der Waals surface area (Å²) in [6.07, 6.45) is 43.7. The van der Waals surface area contributed by atoms with Crippen molar-refractivity contribution in [3.63, 3.8) is 0 Å². The first-order chi connectivity index (χ1) is 28.5. The topological polar surface area (TPSA) is 98.5 Å². The summed E-state index contributed by atoms with van der Waals surface area (Å²) < 4.78 is 36.6. The van der Waals surface area contributed by atoms with Crippen LogP contribution in [0.2, 0.25) is 0 Å². The third-order valence-corrected chi connectivity index (χ3v) is 12.7. The van der Waals surface area contributed by atoms with Crippen molar-refractivity contribution in [3.05, 3.63) is 83.6 Å². The number of para-hydroxylation sites is 2. The van der Waals surface area contributed by atoms with Gasteiger partial charge in [-0.3, -0.25) is 0 Å². The third kappa shape index (κ3) is 19.0. The van der Waals surface area contributed by atoms with Gasteiger partial charge in [-0.05, 0) is 44.4 Å². The number of halogens is 1. The standard InChI is InChI=1S/C52H83N2.ClHO4/c1-6-8-10-12-14-16-18-20-22-24-26-28-34-43-53-48(45(3)46-37-30-32-39-49(46)53)41-36-42-51-52(4,5)47-38-31-33-40-50(47)54(51)44-35-29-27-25-23-21-19-17-15-13-11-9-7-2;2-1(3,4)5/h30-33,36-42,45H,6-29,34-35,43-44H2,1-5H3;(H,2,3,4,5)/q+1;/p-1. The molecule has 4 rings (SSSR count). The van der Waals surface area contributed by atoms with Crippen LogP contribution in [0.5, 0.6) is 0 Å². The van der Waals surface area contributed by atoms with Crippen molar-refractivity contribution in [2.24, 2.45) is 0 Å². The first-order valence-electron chi connectivity index (χ1n) is 24.1. The van der Waals surface area contributed by atoms with Gasteiger partial charge in [0.15, 0.2) is 5.71 Å². The second-order valence-electron chi connectivity index (χ2n) is 17.9. The van der Waals surface area contributed by atoms with Crippen molar-refractivity contribution in [2.45, 2.75) is 213 Å². The van der Waals surface area contributed by atoms with E-state index in [9.17, 15) is 0 Å². The molecule has 0 bridgehead atoms. The fourth-order valence-corrected chi connectivity index (χ4v) is 9.31. The molecular formula is C52H83ClN2O4. The van der Waals surface area contributed by atoms with E-state index in [1.165, 1.54) is 201 Å². The molecule has 0 amide bonds. The molecule has 2 aromatic carbocycles. The number of unbranched alkanes of at least 4 members (excludes halogenated alkanes) is 24. The molecule has 7 heteroatoms. The molecule has 0 radical (unpaired) electrons. The molecule has 0 aliphatic carbocycles. The van der Waals surface area contributed by atoms with Crippen molar-refractivity contribution >= 4 is 17.1 Å². The van der Waals surface area contributed by atoms with Crippen LogP contribution in [0.1, 0.15) is 219 Å². The fourth-order valence-electron chi connectivity index (χ4n) is 9.31. The Labute approximate surface area is 363 Å². The smallest absolute Gasteiger partial charge is 0.209 e. The van der Waals surface area contributed by atoms with E-state index in [-0.39, 0.29) is 5.41 Å². The van der Waals surface area contributed by atoms with E-state index in [2.05, 4.69) is 111 Å². The van der Waals surface area contributed by atoms with E-state index >= 15 is 0 Å². The van der Waals surface area contributed by atoms with Gasteiger partial charge < -0.3 is 4.90 Å². The summed E-state index contributed by atoms with van der Waals surface area (Å²) in [6, 6.07) is 18.3. The quantitative estimate of drug-likeness (QED) is 0.0576. The first-order valence-corrected chi connectivity index (χ1v) is 25.3. The Balaban J connectivity index is 0.00000175. The van der Waals surface area contributed by atoms with Gasteiger partial charge >= 0.3 is 0 Å². The SMILES string of the molecule is CCCCCCCCCCCCCCCN1C(=CC=CC2=[N+](CCCCCCCCCCCCCCC)c3ccccc3C2(C)C)C(C)c2ccccc21.[O-][Cl+3]([O-])([O-])[O-]. The zero-order valence-corrected chi connectivity index (χ0v) is 38.9. The third-order valence-electron chi connectivity index (χ3n) is 12.7. The number of rotatable bonds is 30. The highest BCUT2D eigenvalue weighted by Crippen LogP contribution is 2.44. The Hall–Kier alpha value is -2.48. The van der Waals surface area contributed by atoms with E-state index in [0.29, 0.717) is 5.92 Å². The average molecular weight is 836 g/mol. The lowest BCUT2D eigenvalue weighted by atomic mass is 9.81. The normalized spacial score (nSPS) is 16.6. The van der Waals surface area contributed by atoms with E-state index in [1.54, 1.807) is 0 Å². The lowest BCUT2D eigenvalue weighted by Crippen LogP contribution is -2.68. The van der Waals surface area contributed by atoms with Crippen LogP contribution < -0.4 is 23.5 Å². The van der Waals surface area contributed by atoms with Gasteiger partial charge in [-0.25, -0.2) is 18.6 Å². The first kappa shape index (κ1) is 50.9. The van der Waals surface area contributed by atoms with Gasteiger partial charge in [0.2, 0.25) is 5.69 Å². The summed E-state index contributed by atoms with van der Waals surface area (Å²) in [4.78, 5) is 2.65. The Morgan fingerprint density at radius 2 is 1.02 bits per heavy atom. The van der Waals surface area contributed by atoms with Crippen LogP contribution in [0.25, 0.3) is 0 Å². The van der Waals surface area contributed by atoms with Gasteiger partial charge in [-0.15, -0.1) is 10.2 Å². The van der Waals surface area contributed by atoms with E-state index in [0.717, 1.165) is 13.1 Å². The highest BCUT2D eigenvalue weighted by atomic mass is 35.7. The molecule has 0 saturated heterocycles. The molecule has 2 aliphatic heterocycles. The van der Waals surface area contributed by atoms with E-state index in [1.807, 2.05) is 0 Å². The number of hydrogen-bond acceptors (Lipinski definition) is 5. The minimum atomic E-state index is -4.94. The summed E-state index contributed by atoms with van der Waals surface area (Å²) in [5, 5.41) is 0. The number of fused-ring (bicyclic) bond motifs is 2. The fraction of sp³-hybridized carbons (Fsp3) is 0.673. The minimum absolute atomic E-state index is 0.000710. The van der Waals surface area contributed by atoms with Crippen LogP contribution in [-0.2, 0) is 5.41 Å². The number of nitrogens with zero attached hydrogens (tertiary/aromatic N) is 2. The van der Waals surface area contributed by atoms with Crippen molar-refractivity contribution in [2.75, 3.05) is 18.0 Å². The zero-order valence-electron chi connectivity index (χ0n) is 38.1. The van der Waals surface area contributed by atoms with Crippen molar-refractivity contribution in [1.82, 2.24) is 0 Å². The molecule has 2 aromatic rings. The minimum Gasteiger partial charge on any atom is -0.344 e. The second-order valence-corrected chi connectivity index (χ2v) is 18.7. The lowest BCUT2D eigenvalue weighted by molar-refractivity contribution is -2.00. The van der Waals surface area contributed by atoms with Crippen LogP contribution in [-0.4, -0.2) is 23.4 Å². The molecule has 1 unspecified atom stereocenters. The summed E-state index contributed by atoms with van der Waals surface area (Å²) in [6.45, 7) is 14.1. The van der Waals surface area contributed by atoms with Gasteiger partial charge in [-0.2, -0.15) is 4.58 Å². The predicted octanol–water partition coefficient (Wildman–Crippen LogP) is 11.6. The van der Waals surface area contributed by atoms with Gasteiger partial charge in [0.25, 0.3) is 0 Å². The maximum absolute atomic E-state index is 8.49. The molecule has 0 spiro atoms. The number of allylic oxidation sites excluding steroid dienone is 4. The molecule has 332 valence electrons. The average Bonchev–Trinajstić information content (AvgIpc) is 3.59. The molecule has 0 saturated carbocycles. The molecule has 6 nitrogen and oxygen atoms in total. The Morgan fingerprint density at radius 1 is 0.593 bits per heavy atom. The number of anilines is 1. The highest BCUT2D eigenvalue weighted by molar-refractivity contribution is 6.03. The molecule has 0 N–H and O–H groups in total. The Morgan fingerprint density at radius 3 is 1.53 bits per heavy atom. The van der Waals surface area contributed by atoms with Gasteiger partial charge in [0.1, 0.15) is 6.54 Å². The van der Waals surface area contributed by atoms with E-state index < -0.39 is 10.2 Å². The molecule has 0 fully saturated rings. The van der Waals surface area contributed by atoms with Crippen LogP contribution >= 0.6 is 0 Å². The lowest BCUT2D eigenvalue weighted by Gasteiger charge is -2.22. The van der Waals surface area contributed by atoms with Gasteiger partial charge in [0, 0.05) is 48.0 Å². The molecule has 1 atom stereocenters. The van der Waals surface area contributed by atoms with Crippen LogP contribution in [0.3, 0.4) is 0 Å². The summed E-state index contributed by atoms with van der Waals surface area (Å²) in [5.41, 5.74) is 8.71. The van der Waals surface area contributed by atoms with Gasteiger partial charge in [0.05, 0.1) is 5.41 Å². The van der Waals surface area contributed by atoms with Crippen molar-refractivity contribution < 1.29 is 33.5 Å². The molecule has 0 aromatic heterocycles. The maximum Gasteiger partial charge on any atom is 0.209 e. The molecule has 59 heavy (non-hydrogen) atoms. The Bertz CT molecular complexity index is 1520. The largest absolute Gasteiger partial charge is 0.344 e.